The van der Waals surface area contributed by atoms with Gasteiger partial charge in [-0.2, -0.15) is 0 Å². The smallest absolute Gasteiger partial charge is 0.0983 e. The fourth-order valence-electron chi connectivity index (χ4n) is 3.75. The molecule has 21 heavy (non-hydrogen) atoms. The van der Waals surface area contributed by atoms with Gasteiger partial charge in [0.25, 0.3) is 0 Å². The van der Waals surface area contributed by atoms with Crippen LogP contribution in [0.4, 0.5) is 0 Å². The van der Waals surface area contributed by atoms with E-state index in [0.717, 1.165) is 19.7 Å². The molecule has 4 rings (SSSR count). The summed E-state index contributed by atoms with van der Waals surface area (Å²) in [6, 6.07) is 20.1. The molecule has 1 saturated heterocycles. The van der Waals surface area contributed by atoms with Gasteiger partial charge in [-0.05, 0) is 29.5 Å². The third-order valence-electron chi connectivity index (χ3n) is 4.79. The van der Waals surface area contributed by atoms with Crippen molar-refractivity contribution in [3.05, 3.63) is 71.3 Å². The first-order valence-corrected chi connectivity index (χ1v) is 7.89. The lowest BCUT2D eigenvalue weighted by atomic mass is 9.84. The maximum Gasteiger partial charge on any atom is 0.0983 e. The molecule has 108 valence electrons. The average molecular weight is 279 g/mol. The summed E-state index contributed by atoms with van der Waals surface area (Å²) in [5.41, 5.74) is 4.28. The molecular weight excluding hydrogens is 258 g/mol. The highest BCUT2D eigenvalue weighted by Crippen LogP contribution is 2.38. The van der Waals surface area contributed by atoms with Gasteiger partial charge < -0.3 is 4.74 Å². The number of fused-ring (bicyclic) bond motifs is 3. The minimum Gasteiger partial charge on any atom is -0.371 e. The fourth-order valence-corrected chi connectivity index (χ4v) is 3.75. The molecule has 0 radical (unpaired) electrons. The molecule has 2 nitrogen and oxygen atoms in total. The van der Waals surface area contributed by atoms with Crippen LogP contribution in [0.25, 0.3) is 0 Å². The lowest BCUT2D eigenvalue weighted by Crippen LogP contribution is -2.48. The van der Waals surface area contributed by atoms with E-state index in [1.165, 1.54) is 29.5 Å². The lowest BCUT2D eigenvalue weighted by Gasteiger charge is -2.44. The highest BCUT2D eigenvalue weighted by atomic mass is 16.5. The summed E-state index contributed by atoms with van der Waals surface area (Å²) >= 11 is 0. The molecule has 1 aliphatic carbocycles. The molecule has 0 unspecified atom stereocenters. The second-order valence-corrected chi connectivity index (χ2v) is 6.05. The predicted molar refractivity (Wildman–Crippen MR) is 84.1 cm³/mol. The van der Waals surface area contributed by atoms with Crippen LogP contribution in [0.1, 0.15) is 29.2 Å². The van der Waals surface area contributed by atoms with Crippen molar-refractivity contribution in [1.29, 1.82) is 0 Å². The monoisotopic (exact) mass is 279 g/mol. The van der Waals surface area contributed by atoms with Crippen LogP contribution in [0.3, 0.4) is 0 Å². The molecule has 0 saturated carbocycles. The van der Waals surface area contributed by atoms with E-state index in [0.29, 0.717) is 6.04 Å². The van der Waals surface area contributed by atoms with Gasteiger partial charge in [-0.3, -0.25) is 4.90 Å². The number of morpholine rings is 1. The SMILES string of the molecule is c1ccc(CN2CCO[C@@H]3c4ccccc4CC[C@H]32)cc1. The molecule has 2 aliphatic rings. The normalized spacial score (nSPS) is 25.1. The van der Waals surface area contributed by atoms with Crippen LogP contribution in [0, 0.1) is 0 Å². The summed E-state index contributed by atoms with van der Waals surface area (Å²) in [5.74, 6) is 0. The van der Waals surface area contributed by atoms with Gasteiger partial charge in [0.05, 0.1) is 12.7 Å². The average Bonchev–Trinajstić information content (AvgIpc) is 2.56. The second kappa shape index (κ2) is 5.63. The van der Waals surface area contributed by atoms with Crippen LogP contribution in [0.15, 0.2) is 54.6 Å². The molecule has 1 aliphatic heterocycles. The third kappa shape index (κ3) is 2.50. The van der Waals surface area contributed by atoms with Crippen LogP contribution in [0.5, 0.6) is 0 Å². The molecule has 2 atom stereocenters. The molecule has 2 aromatic carbocycles. The van der Waals surface area contributed by atoms with Crippen molar-refractivity contribution in [2.24, 2.45) is 0 Å². The van der Waals surface area contributed by atoms with Crippen LogP contribution in [-0.4, -0.2) is 24.1 Å². The number of hydrogen-bond donors (Lipinski definition) is 0. The van der Waals surface area contributed by atoms with Crippen LogP contribution in [-0.2, 0) is 17.7 Å². The molecule has 0 bridgehead atoms. The van der Waals surface area contributed by atoms with Crippen LogP contribution < -0.4 is 0 Å². The Labute approximate surface area is 126 Å². The molecule has 1 fully saturated rings. The topological polar surface area (TPSA) is 12.5 Å². The Bertz CT molecular complexity index is 610. The standard InChI is InChI=1S/C19H21NO/c1-2-6-15(7-3-1)14-20-12-13-21-19-17-9-5-4-8-16(17)10-11-18(19)20/h1-9,18-19H,10-14H2/t18-,19-/m1/s1. The van der Waals surface area contributed by atoms with E-state index in [4.69, 9.17) is 4.74 Å². The van der Waals surface area contributed by atoms with Gasteiger partial charge >= 0.3 is 0 Å². The largest absolute Gasteiger partial charge is 0.371 e. The lowest BCUT2D eigenvalue weighted by molar-refractivity contribution is -0.0835. The Morgan fingerprint density at radius 2 is 1.81 bits per heavy atom. The van der Waals surface area contributed by atoms with Gasteiger partial charge in [-0.15, -0.1) is 0 Å². The van der Waals surface area contributed by atoms with E-state index in [-0.39, 0.29) is 6.10 Å². The van der Waals surface area contributed by atoms with Gasteiger partial charge in [-0.25, -0.2) is 0 Å². The molecule has 0 aromatic heterocycles. The van der Waals surface area contributed by atoms with E-state index >= 15 is 0 Å². The van der Waals surface area contributed by atoms with Crippen molar-refractivity contribution in [1.82, 2.24) is 4.90 Å². The number of rotatable bonds is 2. The number of hydrogen-bond acceptors (Lipinski definition) is 2. The van der Waals surface area contributed by atoms with Gasteiger partial charge in [-0.1, -0.05) is 54.6 Å². The fraction of sp³-hybridized carbons (Fsp3) is 0.368. The highest BCUT2D eigenvalue weighted by Gasteiger charge is 2.36. The van der Waals surface area contributed by atoms with E-state index < -0.39 is 0 Å². The zero-order valence-electron chi connectivity index (χ0n) is 12.2. The zero-order valence-corrected chi connectivity index (χ0v) is 12.2. The van der Waals surface area contributed by atoms with Gasteiger partial charge in [0.2, 0.25) is 0 Å². The van der Waals surface area contributed by atoms with Gasteiger partial charge in [0, 0.05) is 19.1 Å². The Morgan fingerprint density at radius 1 is 1.00 bits per heavy atom. The molecule has 2 heteroatoms. The first kappa shape index (κ1) is 13.1. The maximum atomic E-state index is 6.13. The van der Waals surface area contributed by atoms with Crippen molar-refractivity contribution in [3.63, 3.8) is 0 Å². The van der Waals surface area contributed by atoms with E-state index in [2.05, 4.69) is 59.5 Å². The summed E-state index contributed by atoms with van der Waals surface area (Å²) in [6.45, 7) is 2.91. The van der Waals surface area contributed by atoms with Gasteiger partial charge in [0.15, 0.2) is 0 Å². The summed E-state index contributed by atoms with van der Waals surface area (Å²) in [4.78, 5) is 2.61. The van der Waals surface area contributed by atoms with E-state index in [1.54, 1.807) is 0 Å². The molecule has 0 amide bonds. The molecular formula is C19H21NO. The van der Waals surface area contributed by atoms with E-state index in [1.807, 2.05) is 0 Å². The van der Waals surface area contributed by atoms with Crippen molar-refractivity contribution >= 4 is 0 Å². The molecule has 0 spiro atoms. The Morgan fingerprint density at radius 3 is 2.71 bits per heavy atom. The summed E-state index contributed by atoms with van der Waals surface area (Å²) in [5, 5.41) is 0. The summed E-state index contributed by atoms with van der Waals surface area (Å²) in [6.07, 6.45) is 2.63. The maximum absolute atomic E-state index is 6.13. The minimum absolute atomic E-state index is 0.257. The Balaban J connectivity index is 1.59. The third-order valence-corrected chi connectivity index (χ3v) is 4.79. The molecule has 2 aromatic rings. The Kier molecular flexibility index (Phi) is 3.50. The molecule has 0 N–H and O–H groups in total. The van der Waals surface area contributed by atoms with Crippen LogP contribution in [0.2, 0.25) is 0 Å². The number of benzene rings is 2. The van der Waals surface area contributed by atoms with Crippen LogP contribution >= 0.6 is 0 Å². The quantitative estimate of drug-likeness (QED) is 0.833. The van der Waals surface area contributed by atoms with Crippen molar-refractivity contribution in [3.8, 4) is 0 Å². The second-order valence-electron chi connectivity index (χ2n) is 6.05. The van der Waals surface area contributed by atoms with Crippen molar-refractivity contribution < 1.29 is 4.74 Å². The summed E-state index contributed by atoms with van der Waals surface area (Å²) in [7, 11) is 0. The number of aryl methyl sites for hydroxylation is 1. The minimum atomic E-state index is 0.257. The Hall–Kier alpha value is -1.64. The first-order valence-electron chi connectivity index (χ1n) is 7.89. The number of ether oxygens (including phenoxy) is 1. The van der Waals surface area contributed by atoms with E-state index in [9.17, 15) is 0 Å². The zero-order chi connectivity index (χ0) is 14.1. The van der Waals surface area contributed by atoms with Crippen molar-refractivity contribution in [2.75, 3.05) is 13.2 Å². The first-order chi connectivity index (χ1) is 10.4. The highest BCUT2D eigenvalue weighted by molar-refractivity contribution is 5.33. The summed E-state index contributed by atoms with van der Waals surface area (Å²) < 4.78 is 6.13. The van der Waals surface area contributed by atoms with Gasteiger partial charge in [0.1, 0.15) is 0 Å². The number of nitrogens with zero attached hydrogens (tertiary/aromatic N) is 1. The molecule has 1 heterocycles. The van der Waals surface area contributed by atoms with Crippen molar-refractivity contribution in [2.45, 2.75) is 31.5 Å². The predicted octanol–water partition coefficient (Wildman–Crippen LogP) is 3.57.